The first-order chi connectivity index (χ1) is 17.0. The fourth-order valence-electron chi connectivity index (χ4n) is 5.09. The number of fused-ring (bicyclic) bond motifs is 1. The van der Waals surface area contributed by atoms with E-state index < -0.39 is 18.2 Å². The van der Waals surface area contributed by atoms with Gasteiger partial charge in [-0.15, -0.1) is 0 Å². The first kappa shape index (κ1) is 23.6. The van der Waals surface area contributed by atoms with Gasteiger partial charge in [-0.2, -0.15) is 0 Å². The van der Waals surface area contributed by atoms with Crippen LogP contribution in [0.2, 0.25) is 5.02 Å². The number of aliphatic imine (C=N–C) groups is 1. The normalized spacial score (nSPS) is 22.8. The number of halogens is 1. The van der Waals surface area contributed by atoms with E-state index in [1.165, 1.54) is 10.5 Å². The van der Waals surface area contributed by atoms with Crippen LogP contribution in [0.1, 0.15) is 17.5 Å². The Labute approximate surface area is 211 Å². The summed E-state index contributed by atoms with van der Waals surface area (Å²) in [4.78, 5) is 38.3. The number of carbonyl (C=O) groups is 2. The number of likely N-dealkylation sites (N-methyl/N-ethyl adjacent to an activating group) is 1. The lowest BCUT2D eigenvalue weighted by molar-refractivity contribution is -0.127. The number of nitrogens with one attached hydrogen (secondary N) is 1. The molecular weight excluding hydrogens is 464 g/mol. The molecule has 0 radical (unpaired) electrons. The van der Waals surface area contributed by atoms with Crippen LogP contribution in [0, 0.1) is 0 Å². The smallest absolute Gasteiger partial charge is 0.325 e. The van der Waals surface area contributed by atoms with E-state index in [-0.39, 0.29) is 5.91 Å². The van der Waals surface area contributed by atoms with Crippen molar-refractivity contribution >= 4 is 29.5 Å². The fourth-order valence-corrected chi connectivity index (χ4v) is 5.28. The van der Waals surface area contributed by atoms with Crippen molar-refractivity contribution < 1.29 is 9.59 Å². The molecular formula is C26H31ClN6O2. The topological polar surface area (TPSA) is 71.5 Å². The minimum absolute atomic E-state index is 0.270. The zero-order valence-electron chi connectivity index (χ0n) is 19.9. The van der Waals surface area contributed by atoms with Gasteiger partial charge in [-0.25, -0.2) is 9.79 Å². The van der Waals surface area contributed by atoms with E-state index in [0.717, 1.165) is 62.1 Å². The van der Waals surface area contributed by atoms with Gasteiger partial charge in [-0.1, -0.05) is 60.1 Å². The molecule has 2 saturated heterocycles. The van der Waals surface area contributed by atoms with Gasteiger partial charge in [0, 0.05) is 51.3 Å². The molecule has 3 heterocycles. The highest BCUT2D eigenvalue weighted by molar-refractivity contribution is 6.31. The molecule has 9 heteroatoms. The van der Waals surface area contributed by atoms with Gasteiger partial charge in [0.25, 0.3) is 5.91 Å². The Kier molecular flexibility index (Phi) is 6.92. The van der Waals surface area contributed by atoms with Crippen LogP contribution in [-0.2, 0) is 17.8 Å². The third-order valence-corrected chi connectivity index (χ3v) is 7.42. The zero-order valence-corrected chi connectivity index (χ0v) is 20.7. The zero-order chi connectivity index (χ0) is 24.4. The molecule has 2 aromatic rings. The molecule has 1 N–H and O–H groups in total. The van der Waals surface area contributed by atoms with Gasteiger partial charge < -0.3 is 14.7 Å². The molecule has 2 aromatic carbocycles. The van der Waals surface area contributed by atoms with Crippen LogP contribution in [0.4, 0.5) is 4.79 Å². The highest BCUT2D eigenvalue weighted by Crippen LogP contribution is 2.27. The minimum atomic E-state index is -0.496. The van der Waals surface area contributed by atoms with Crippen LogP contribution >= 0.6 is 11.6 Å². The summed E-state index contributed by atoms with van der Waals surface area (Å²) in [6, 6.07) is 17.4. The number of nitrogens with zero attached hydrogens (tertiary/aromatic N) is 5. The Morgan fingerprint density at radius 2 is 1.71 bits per heavy atom. The predicted octanol–water partition coefficient (Wildman–Crippen LogP) is 2.64. The van der Waals surface area contributed by atoms with Crippen molar-refractivity contribution in [1.82, 2.24) is 24.9 Å². The monoisotopic (exact) mass is 494 g/mol. The largest absolute Gasteiger partial charge is 0.340 e. The van der Waals surface area contributed by atoms with Crippen LogP contribution in [0.15, 0.2) is 59.6 Å². The summed E-state index contributed by atoms with van der Waals surface area (Å²) in [7, 11) is 1.70. The van der Waals surface area contributed by atoms with Gasteiger partial charge in [-0.05, 0) is 30.0 Å². The second-order valence-corrected chi connectivity index (χ2v) is 9.74. The number of hydrogen-bond acceptors (Lipinski definition) is 6. The molecule has 8 nitrogen and oxygen atoms in total. The maximum absolute atomic E-state index is 12.9. The van der Waals surface area contributed by atoms with Crippen LogP contribution in [0.5, 0.6) is 0 Å². The lowest BCUT2D eigenvalue weighted by atomic mass is 10.1. The maximum Gasteiger partial charge on any atom is 0.325 e. The summed E-state index contributed by atoms with van der Waals surface area (Å²) >= 11 is 6.36. The summed E-state index contributed by atoms with van der Waals surface area (Å²) < 4.78 is 0. The van der Waals surface area contributed by atoms with Crippen molar-refractivity contribution in [3.05, 3.63) is 70.7 Å². The summed E-state index contributed by atoms with van der Waals surface area (Å²) in [5, 5.41) is 3.29. The Morgan fingerprint density at radius 3 is 2.46 bits per heavy atom. The molecule has 0 spiro atoms. The Hall–Kier alpha value is -3.10. The number of rotatable bonds is 6. The minimum Gasteiger partial charge on any atom is -0.340 e. The lowest BCUT2D eigenvalue weighted by Gasteiger charge is -2.40. The molecule has 35 heavy (non-hydrogen) atoms. The standard InChI is InChI=1S/C26H31ClN6O2/c1-30-23-22(24(34)29-26(30)35)33(13-7-10-19-8-3-2-4-9-19)25(28-23)32-16-14-31(15-17-32)18-20-11-5-6-12-21(20)27/h2-6,8-9,11-12,22-23H,7,10,13-18H2,1H3,(H,29,34,35). The molecule has 3 aliphatic heterocycles. The number of piperazine rings is 1. The number of urea groups is 1. The van der Waals surface area contributed by atoms with Crippen LogP contribution in [-0.4, -0.2) is 89.5 Å². The molecule has 3 amide bonds. The van der Waals surface area contributed by atoms with E-state index in [0.29, 0.717) is 6.54 Å². The molecule has 0 aromatic heterocycles. The van der Waals surface area contributed by atoms with Gasteiger partial charge >= 0.3 is 6.03 Å². The van der Waals surface area contributed by atoms with E-state index >= 15 is 0 Å². The third-order valence-electron chi connectivity index (χ3n) is 7.05. The van der Waals surface area contributed by atoms with Crippen molar-refractivity contribution in [2.24, 2.45) is 4.99 Å². The van der Waals surface area contributed by atoms with Crippen molar-refractivity contribution in [3.8, 4) is 0 Å². The first-order valence-corrected chi connectivity index (χ1v) is 12.6. The second kappa shape index (κ2) is 10.3. The number of guanidine groups is 1. The Bertz CT molecular complexity index is 1100. The van der Waals surface area contributed by atoms with E-state index in [4.69, 9.17) is 16.6 Å². The molecule has 2 unspecified atom stereocenters. The van der Waals surface area contributed by atoms with Gasteiger partial charge in [0.15, 0.2) is 18.2 Å². The number of imide groups is 1. The third kappa shape index (κ3) is 4.99. The number of benzene rings is 2. The van der Waals surface area contributed by atoms with Gasteiger partial charge in [0.05, 0.1) is 0 Å². The number of aryl methyl sites for hydroxylation is 1. The molecule has 5 rings (SSSR count). The number of amides is 3. The summed E-state index contributed by atoms with van der Waals surface area (Å²) in [6.07, 6.45) is 1.32. The van der Waals surface area contributed by atoms with Gasteiger partial charge in [0.1, 0.15) is 0 Å². The molecule has 0 saturated carbocycles. The Balaban J connectivity index is 1.28. The SMILES string of the molecule is CN1C(=O)NC(=O)C2C1N=C(N1CCN(Cc3ccccc3Cl)CC1)N2CCCc1ccccc1. The van der Waals surface area contributed by atoms with E-state index in [9.17, 15) is 9.59 Å². The van der Waals surface area contributed by atoms with E-state index in [1.54, 1.807) is 7.05 Å². The molecule has 3 aliphatic rings. The van der Waals surface area contributed by atoms with Crippen molar-refractivity contribution in [1.29, 1.82) is 0 Å². The van der Waals surface area contributed by atoms with Crippen LogP contribution in [0.25, 0.3) is 0 Å². The molecule has 0 aliphatic carbocycles. The first-order valence-electron chi connectivity index (χ1n) is 12.2. The predicted molar refractivity (Wildman–Crippen MR) is 136 cm³/mol. The van der Waals surface area contributed by atoms with E-state index in [1.807, 2.05) is 36.4 Å². The van der Waals surface area contributed by atoms with Crippen molar-refractivity contribution in [3.63, 3.8) is 0 Å². The average molecular weight is 495 g/mol. The molecule has 2 atom stereocenters. The quantitative estimate of drug-likeness (QED) is 0.668. The Morgan fingerprint density at radius 1 is 1.00 bits per heavy atom. The second-order valence-electron chi connectivity index (χ2n) is 9.33. The van der Waals surface area contributed by atoms with Gasteiger partial charge in [-0.3, -0.25) is 15.0 Å². The summed E-state index contributed by atoms with van der Waals surface area (Å²) in [5.41, 5.74) is 2.40. The lowest BCUT2D eigenvalue weighted by Crippen LogP contribution is -2.64. The average Bonchev–Trinajstić information content (AvgIpc) is 3.25. The van der Waals surface area contributed by atoms with Crippen LogP contribution < -0.4 is 5.32 Å². The number of carbonyl (C=O) groups excluding carboxylic acids is 2. The fraction of sp³-hybridized carbons (Fsp3) is 0.423. The molecule has 184 valence electrons. The molecule has 2 fully saturated rings. The molecule has 0 bridgehead atoms. The van der Waals surface area contributed by atoms with Crippen molar-refractivity contribution in [2.45, 2.75) is 31.6 Å². The summed E-state index contributed by atoms with van der Waals surface area (Å²) in [5.74, 6) is 0.552. The highest BCUT2D eigenvalue weighted by Gasteiger charge is 2.49. The van der Waals surface area contributed by atoms with Crippen molar-refractivity contribution in [2.75, 3.05) is 39.8 Å². The van der Waals surface area contributed by atoms with Gasteiger partial charge in [0.2, 0.25) is 0 Å². The van der Waals surface area contributed by atoms with E-state index in [2.05, 4.69) is 38.2 Å². The van der Waals surface area contributed by atoms with Crippen LogP contribution in [0.3, 0.4) is 0 Å². The maximum atomic E-state index is 12.9. The number of hydrogen-bond donors (Lipinski definition) is 1. The summed E-state index contributed by atoms with van der Waals surface area (Å²) in [6.45, 7) is 4.86. The highest BCUT2D eigenvalue weighted by atomic mass is 35.5.